The lowest BCUT2D eigenvalue weighted by atomic mass is 10.1. The van der Waals surface area contributed by atoms with Gasteiger partial charge < -0.3 is 25.4 Å². The van der Waals surface area contributed by atoms with Crippen LogP contribution in [-0.4, -0.2) is 74.5 Å². The molecule has 1 aliphatic rings. The summed E-state index contributed by atoms with van der Waals surface area (Å²) < 4.78 is 10.9. The lowest BCUT2D eigenvalue weighted by molar-refractivity contribution is 0.0220. The number of guanidine groups is 1. The Kier molecular flexibility index (Phi) is 10.1. The Morgan fingerprint density at radius 2 is 1.87 bits per heavy atom. The van der Waals surface area contributed by atoms with Crippen molar-refractivity contribution in [1.29, 1.82) is 0 Å². The van der Waals surface area contributed by atoms with Gasteiger partial charge in [-0.3, -0.25) is 9.89 Å². The van der Waals surface area contributed by atoms with E-state index < -0.39 is 11.7 Å². The van der Waals surface area contributed by atoms with E-state index in [1.807, 2.05) is 58.0 Å². The van der Waals surface area contributed by atoms with Gasteiger partial charge in [-0.25, -0.2) is 4.79 Å². The van der Waals surface area contributed by atoms with Gasteiger partial charge in [0.25, 0.3) is 0 Å². The number of amides is 1. The number of benzene rings is 1. The van der Waals surface area contributed by atoms with Crippen molar-refractivity contribution in [2.75, 3.05) is 45.9 Å². The van der Waals surface area contributed by atoms with Gasteiger partial charge in [-0.15, -0.1) is 0 Å². The molecule has 8 nitrogen and oxygen atoms in total. The SMILES string of the molecule is CCNC(=NCC(C)N1CCOCC1)NCC(NC(=O)OC(C)(C)C)c1ccccc1. The van der Waals surface area contributed by atoms with Crippen molar-refractivity contribution < 1.29 is 14.3 Å². The Labute approximate surface area is 186 Å². The average molecular weight is 434 g/mol. The topological polar surface area (TPSA) is 87.2 Å². The zero-order chi connectivity index (χ0) is 22.7. The van der Waals surface area contributed by atoms with Crippen LogP contribution in [0.3, 0.4) is 0 Å². The number of carbonyl (C=O) groups excluding carboxylic acids is 1. The van der Waals surface area contributed by atoms with E-state index in [0.29, 0.717) is 19.1 Å². The second-order valence-electron chi connectivity index (χ2n) is 8.71. The van der Waals surface area contributed by atoms with Crippen LogP contribution in [0.15, 0.2) is 35.3 Å². The quantitative estimate of drug-likeness (QED) is 0.431. The number of hydrogen-bond donors (Lipinski definition) is 3. The Balaban J connectivity index is 2.00. The third kappa shape index (κ3) is 9.57. The predicted octanol–water partition coefficient (Wildman–Crippen LogP) is 2.53. The average Bonchev–Trinajstić information content (AvgIpc) is 2.74. The fourth-order valence-corrected chi connectivity index (χ4v) is 3.28. The molecular weight excluding hydrogens is 394 g/mol. The Morgan fingerprint density at radius 3 is 2.48 bits per heavy atom. The first-order valence-electron chi connectivity index (χ1n) is 11.2. The zero-order valence-electron chi connectivity index (χ0n) is 19.6. The summed E-state index contributed by atoms with van der Waals surface area (Å²) in [5, 5.41) is 9.64. The molecule has 1 saturated heterocycles. The molecule has 0 aromatic heterocycles. The summed E-state index contributed by atoms with van der Waals surface area (Å²) in [7, 11) is 0. The van der Waals surface area contributed by atoms with E-state index in [2.05, 4.69) is 27.8 Å². The lowest BCUT2D eigenvalue weighted by Gasteiger charge is -2.31. The number of hydrogen-bond acceptors (Lipinski definition) is 5. The molecule has 174 valence electrons. The molecule has 0 aliphatic carbocycles. The summed E-state index contributed by atoms with van der Waals surface area (Å²) in [5.41, 5.74) is 0.448. The van der Waals surface area contributed by atoms with Crippen LogP contribution in [-0.2, 0) is 9.47 Å². The van der Waals surface area contributed by atoms with E-state index in [1.165, 1.54) is 0 Å². The number of ether oxygens (including phenoxy) is 2. The van der Waals surface area contributed by atoms with Crippen molar-refractivity contribution >= 4 is 12.1 Å². The van der Waals surface area contributed by atoms with E-state index in [1.54, 1.807) is 0 Å². The summed E-state index contributed by atoms with van der Waals surface area (Å²) >= 11 is 0. The van der Waals surface area contributed by atoms with Crippen LogP contribution in [0.4, 0.5) is 4.79 Å². The first-order valence-corrected chi connectivity index (χ1v) is 11.2. The van der Waals surface area contributed by atoms with Crippen LogP contribution < -0.4 is 16.0 Å². The number of rotatable bonds is 8. The number of nitrogens with one attached hydrogen (secondary N) is 3. The van der Waals surface area contributed by atoms with Gasteiger partial charge in [-0.05, 0) is 40.2 Å². The number of alkyl carbamates (subject to hydrolysis) is 1. The van der Waals surface area contributed by atoms with Gasteiger partial charge in [-0.2, -0.15) is 0 Å². The number of morpholine rings is 1. The third-order valence-corrected chi connectivity index (χ3v) is 4.89. The third-order valence-electron chi connectivity index (χ3n) is 4.89. The van der Waals surface area contributed by atoms with Gasteiger partial charge in [0.2, 0.25) is 0 Å². The molecule has 31 heavy (non-hydrogen) atoms. The highest BCUT2D eigenvalue weighted by Crippen LogP contribution is 2.14. The van der Waals surface area contributed by atoms with Gasteiger partial charge in [-0.1, -0.05) is 30.3 Å². The molecule has 1 aromatic carbocycles. The molecule has 1 fully saturated rings. The van der Waals surface area contributed by atoms with Crippen LogP contribution in [0.25, 0.3) is 0 Å². The molecule has 2 unspecified atom stereocenters. The normalized spacial score (nSPS) is 17.5. The minimum Gasteiger partial charge on any atom is -0.444 e. The smallest absolute Gasteiger partial charge is 0.408 e. The molecule has 8 heteroatoms. The standard InChI is InChI=1S/C23H39N5O3/c1-6-24-21(25-16-18(2)28-12-14-30-15-13-28)26-17-20(19-10-8-7-9-11-19)27-22(29)31-23(3,4)5/h7-11,18,20H,6,12-17H2,1-5H3,(H,27,29)(H2,24,25,26). The highest BCUT2D eigenvalue weighted by molar-refractivity contribution is 5.80. The molecule has 0 saturated carbocycles. The summed E-state index contributed by atoms with van der Waals surface area (Å²) in [4.78, 5) is 19.5. The Morgan fingerprint density at radius 1 is 1.19 bits per heavy atom. The van der Waals surface area contributed by atoms with Crippen LogP contribution >= 0.6 is 0 Å². The monoisotopic (exact) mass is 433 g/mol. The molecule has 1 aliphatic heterocycles. The molecule has 1 amide bonds. The van der Waals surface area contributed by atoms with Crippen molar-refractivity contribution in [2.24, 2.45) is 4.99 Å². The van der Waals surface area contributed by atoms with Crippen molar-refractivity contribution in [2.45, 2.75) is 52.3 Å². The van der Waals surface area contributed by atoms with Gasteiger partial charge in [0, 0.05) is 32.2 Å². The molecule has 0 bridgehead atoms. The summed E-state index contributed by atoms with van der Waals surface area (Å²) in [6.45, 7) is 15.2. The first kappa shape index (κ1) is 24.9. The Hall–Kier alpha value is -2.32. The largest absolute Gasteiger partial charge is 0.444 e. The summed E-state index contributed by atoms with van der Waals surface area (Å²) in [6, 6.07) is 9.95. The second-order valence-corrected chi connectivity index (χ2v) is 8.71. The van der Waals surface area contributed by atoms with Crippen LogP contribution in [0.2, 0.25) is 0 Å². The van der Waals surface area contributed by atoms with Crippen molar-refractivity contribution in [3.05, 3.63) is 35.9 Å². The minimum atomic E-state index is -0.551. The van der Waals surface area contributed by atoms with Crippen molar-refractivity contribution in [3.8, 4) is 0 Å². The van der Waals surface area contributed by atoms with Gasteiger partial charge in [0.05, 0.1) is 25.8 Å². The molecule has 0 spiro atoms. The lowest BCUT2D eigenvalue weighted by Crippen LogP contribution is -2.46. The maximum Gasteiger partial charge on any atom is 0.408 e. The summed E-state index contributed by atoms with van der Waals surface area (Å²) in [6.07, 6.45) is -0.439. The van der Waals surface area contributed by atoms with Gasteiger partial charge in [0.15, 0.2) is 5.96 Å². The second kappa shape index (κ2) is 12.5. The molecule has 2 rings (SSSR count). The first-order chi connectivity index (χ1) is 14.8. The van der Waals surface area contributed by atoms with Crippen molar-refractivity contribution in [3.63, 3.8) is 0 Å². The van der Waals surface area contributed by atoms with E-state index in [0.717, 1.165) is 44.4 Å². The van der Waals surface area contributed by atoms with E-state index >= 15 is 0 Å². The highest BCUT2D eigenvalue weighted by atomic mass is 16.6. The maximum absolute atomic E-state index is 12.4. The van der Waals surface area contributed by atoms with Gasteiger partial charge >= 0.3 is 6.09 Å². The zero-order valence-corrected chi connectivity index (χ0v) is 19.6. The molecular formula is C23H39N5O3. The van der Waals surface area contributed by atoms with Crippen LogP contribution in [0.1, 0.15) is 46.2 Å². The molecule has 1 heterocycles. The number of aliphatic imine (C=N–C) groups is 1. The molecule has 1 aromatic rings. The number of carbonyl (C=O) groups is 1. The van der Waals surface area contributed by atoms with Gasteiger partial charge in [0.1, 0.15) is 5.60 Å². The number of nitrogens with zero attached hydrogens (tertiary/aromatic N) is 2. The fourth-order valence-electron chi connectivity index (χ4n) is 3.28. The van der Waals surface area contributed by atoms with Crippen molar-refractivity contribution in [1.82, 2.24) is 20.9 Å². The maximum atomic E-state index is 12.4. The fraction of sp³-hybridized carbons (Fsp3) is 0.652. The van der Waals surface area contributed by atoms with E-state index in [9.17, 15) is 4.79 Å². The van der Waals surface area contributed by atoms with E-state index in [4.69, 9.17) is 14.5 Å². The molecule has 2 atom stereocenters. The highest BCUT2D eigenvalue weighted by Gasteiger charge is 2.21. The minimum absolute atomic E-state index is 0.253. The predicted molar refractivity (Wildman–Crippen MR) is 124 cm³/mol. The molecule has 3 N–H and O–H groups in total. The Bertz CT molecular complexity index is 684. The molecule has 0 radical (unpaired) electrons. The van der Waals surface area contributed by atoms with Crippen LogP contribution in [0, 0.1) is 0 Å². The summed E-state index contributed by atoms with van der Waals surface area (Å²) in [5.74, 6) is 0.731. The van der Waals surface area contributed by atoms with E-state index in [-0.39, 0.29) is 6.04 Å². The van der Waals surface area contributed by atoms with Crippen LogP contribution in [0.5, 0.6) is 0 Å².